The van der Waals surface area contributed by atoms with E-state index in [0.717, 1.165) is 6.07 Å². The van der Waals surface area contributed by atoms with Crippen molar-refractivity contribution in [3.05, 3.63) is 48.2 Å². The van der Waals surface area contributed by atoms with Gasteiger partial charge in [0, 0.05) is 11.8 Å². The van der Waals surface area contributed by atoms with Crippen molar-refractivity contribution in [2.24, 2.45) is 16.5 Å². The van der Waals surface area contributed by atoms with Crippen LogP contribution in [0.2, 0.25) is 0 Å². The van der Waals surface area contributed by atoms with Crippen molar-refractivity contribution in [2.45, 2.75) is 6.18 Å². The Labute approximate surface area is 113 Å². The Bertz CT molecular complexity index is 646. The number of aliphatic imine (C=N–C) groups is 1. The maximum atomic E-state index is 12.9. The van der Waals surface area contributed by atoms with Crippen LogP contribution in [0.15, 0.2) is 47.6 Å². The van der Waals surface area contributed by atoms with Crippen molar-refractivity contribution in [2.75, 3.05) is 0 Å². The van der Waals surface area contributed by atoms with E-state index in [1.54, 1.807) is 12.1 Å². The molecule has 4 nitrogen and oxygen atoms in total. The fraction of sp³-hybridized carbons (Fsp3) is 0.0769. The molecule has 0 fully saturated rings. The third-order valence-electron chi connectivity index (χ3n) is 2.49. The summed E-state index contributed by atoms with van der Waals surface area (Å²) in [6.07, 6.45) is -3.17. The van der Waals surface area contributed by atoms with Crippen molar-refractivity contribution >= 4 is 11.6 Å². The van der Waals surface area contributed by atoms with Crippen LogP contribution in [0.3, 0.4) is 0 Å². The number of nitrogens with zero attached hydrogens (tertiary/aromatic N) is 2. The number of halogens is 3. The quantitative estimate of drug-likeness (QED) is 0.655. The molecule has 104 valence electrons. The number of aromatic nitrogens is 1. The van der Waals surface area contributed by atoms with Crippen LogP contribution in [-0.2, 0) is 6.18 Å². The lowest BCUT2D eigenvalue weighted by Gasteiger charge is -2.11. The topological polar surface area (TPSA) is 77.3 Å². The molecule has 0 bridgehead atoms. The SMILES string of the molecule is NC(N)=Nc1cccc(-c2ncccc2C(F)(F)F)c1. The van der Waals surface area contributed by atoms with Gasteiger partial charge in [0.1, 0.15) is 0 Å². The summed E-state index contributed by atoms with van der Waals surface area (Å²) in [4.78, 5) is 7.61. The van der Waals surface area contributed by atoms with Crippen LogP contribution < -0.4 is 11.5 Å². The maximum Gasteiger partial charge on any atom is 0.418 e. The molecule has 0 atom stereocenters. The molecule has 2 aromatic rings. The molecule has 1 aromatic heterocycles. The fourth-order valence-corrected chi connectivity index (χ4v) is 1.74. The Morgan fingerprint density at radius 1 is 1.10 bits per heavy atom. The first-order chi connectivity index (χ1) is 9.38. The van der Waals surface area contributed by atoms with Gasteiger partial charge in [-0.2, -0.15) is 13.2 Å². The van der Waals surface area contributed by atoms with E-state index in [1.807, 2.05) is 0 Å². The number of alkyl halides is 3. The van der Waals surface area contributed by atoms with Gasteiger partial charge in [0.25, 0.3) is 0 Å². The number of nitrogens with two attached hydrogens (primary N) is 2. The molecular weight excluding hydrogens is 269 g/mol. The largest absolute Gasteiger partial charge is 0.418 e. The minimum atomic E-state index is -4.48. The van der Waals surface area contributed by atoms with Crippen molar-refractivity contribution in [1.29, 1.82) is 0 Å². The molecule has 0 saturated carbocycles. The second-order valence-corrected chi connectivity index (χ2v) is 3.98. The van der Waals surface area contributed by atoms with Crippen LogP contribution in [0, 0.1) is 0 Å². The zero-order valence-corrected chi connectivity index (χ0v) is 10.2. The van der Waals surface area contributed by atoms with Gasteiger partial charge in [-0.25, -0.2) is 4.99 Å². The zero-order valence-electron chi connectivity index (χ0n) is 10.2. The molecule has 0 aliphatic carbocycles. The highest BCUT2D eigenvalue weighted by molar-refractivity contribution is 5.80. The standard InChI is InChI=1S/C13H11F3N4/c14-13(15,16)10-5-2-6-19-11(10)8-3-1-4-9(7-8)20-12(17)18/h1-7H,(H4,17,18,20). The molecular formula is C13H11F3N4. The first kappa shape index (κ1) is 13.9. The van der Waals surface area contributed by atoms with E-state index in [-0.39, 0.29) is 11.7 Å². The Hall–Kier alpha value is -2.57. The second-order valence-electron chi connectivity index (χ2n) is 3.98. The van der Waals surface area contributed by atoms with Crippen LogP contribution in [0.5, 0.6) is 0 Å². The molecule has 0 aliphatic rings. The van der Waals surface area contributed by atoms with Gasteiger partial charge in [0.2, 0.25) is 0 Å². The monoisotopic (exact) mass is 280 g/mol. The normalized spacial score (nSPS) is 11.2. The summed E-state index contributed by atoms with van der Waals surface area (Å²) >= 11 is 0. The molecule has 0 spiro atoms. The minimum Gasteiger partial charge on any atom is -0.370 e. The number of benzene rings is 1. The molecule has 1 aromatic carbocycles. The molecule has 4 N–H and O–H groups in total. The Morgan fingerprint density at radius 3 is 2.50 bits per heavy atom. The van der Waals surface area contributed by atoms with Crippen LogP contribution in [0.4, 0.5) is 18.9 Å². The number of guanidine groups is 1. The summed E-state index contributed by atoms with van der Waals surface area (Å²) in [5, 5.41) is 0. The van der Waals surface area contributed by atoms with Gasteiger partial charge in [-0.1, -0.05) is 12.1 Å². The van der Waals surface area contributed by atoms with E-state index in [9.17, 15) is 13.2 Å². The zero-order chi connectivity index (χ0) is 14.8. The number of hydrogen-bond donors (Lipinski definition) is 2. The van der Waals surface area contributed by atoms with Crippen molar-refractivity contribution < 1.29 is 13.2 Å². The van der Waals surface area contributed by atoms with Gasteiger partial charge < -0.3 is 11.5 Å². The average molecular weight is 280 g/mol. The highest BCUT2D eigenvalue weighted by Gasteiger charge is 2.34. The number of rotatable bonds is 2. The van der Waals surface area contributed by atoms with Gasteiger partial charge in [-0.3, -0.25) is 4.98 Å². The van der Waals surface area contributed by atoms with Crippen molar-refractivity contribution in [3.63, 3.8) is 0 Å². The first-order valence-electron chi connectivity index (χ1n) is 5.60. The maximum absolute atomic E-state index is 12.9. The summed E-state index contributed by atoms with van der Waals surface area (Å²) in [6.45, 7) is 0. The van der Waals surface area contributed by atoms with E-state index in [2.05, 4.69) is 9.98 Å². The van der Waals surface area contributed by atoms with Crippen LogP contribution in [0.1, 0.15) is 5.56 Å². The Balaban J connectivity index is 2.55. The van der Waals surface area contributed by atoms with Gasteiger partial charge in [-0.15, -0.1) is 0 Å². The number of pyridine rings is 1. The van der Waals surface area contributed by atoms with Crippen molar-refractivity contribution in [1.82, 2.24) is 4.98 Å². The highest BCUT2D eigenvalue weighted by Crippen LogP contribution is 2.36. The minimum absolute atomic E-state index is 0.160. The van der Waals surface area contributed by atoms with E-state index >= 15 is 0 Å². The average Bonchev–Trinajstić information content (AvgIpc) is 2.37. The van der Waals surface area contributed by atoms with E-state index < -0.39 is 11.7 Å². The molecule has 7 heteroatoms. The fourth-order valence-electron chi connectivity index (χ4n) is 1.74. The lowest BCUT2D eigenvalue weighted by atomic mass is 10.0. The molecule has 20 heavy (non-hydrogen) atoms. The molecule has 0 unspecified atom stereocenters. The van der Waals surface area contributed by atoms with E-state index in [0.29, 0.717) is 11.3 Å². The number of hydrogen-bond acceptors (Lipinski definition) is 2. The van der Waals surface area contributed by atoms with Gasteiger partial charge >= 0.3 is 6.18 Å². The molecule has 0 saturated heterocycles. The van der Waals surface area contributed by atoms with Crippen LogP contribution >= 0.6 is 0 Å². The molecule has 0 aliphatic heterocycles. The highest BCUT2D eigenvalue weighted by atomic mass is 19.4. The van der Waals surface area contributed by atoms with Gasteiger partial charge in [0.05, 0.1) is 16.9 Å². The second kappa shape index (κ2) is 5.20. The Kier molecular flexibility index (Phi) is 3.60. The third kappa shape index (κ3) is 3.05. The van der Waals surface area contributed by atoms with Crippen LogP contribution in [0.25, 0.3) is 11.3 Å². The lowest BCUT2D eigenvalue weighted by Crippen LogP contribution is -2.21. The summed E-state index contributed by atoms with van der Waals surface area (Å²) in [5.41, 5.74) is 10.2. The summed E-state index contributed by atoms with van der Waals surface area (Å²) in [5.74, 6) is -0.167. The molecule has 0 radical (unpaired) electrons. The molecule has 1 heterocycles. The lowest BCUT2D eigenvalue weighted by molar-refractivity contribution is -0.137. The molecule has 2 rings (SSSR count). The Morgan fingerprint density at radius 2 is 1.85 bits per heavy atom. The van der Waals surface area contributed by atoms with Crippen molar-refractivity contribution in [3.8, 4) is 11.3 Å². The van der Waals surface area contributed by atoms with E-state index in [1.165, 1.54) is 24.4 Å². The molecule has 0 amide bonds. The summed E-state index contributed by atoms with van der Waals surface area (Å²) in [7, 11) is 0. The van der Waals surface area contributed by atoms with Crippen LogP contribution in [-0.4, -0.2) is 10.9 Å². The van der Waals surface area contributed by atoms with Gasteiger partial charge in [0.15, 0.2) is 5.96 Å². The predicted molar refractivity (Wildman–Crippen MR) is 70.1 cm³/mol. The first-order valence-corrected chi connectivity index (χ1v) is 5.60. The van der Waals surface area contributed by atoms with E-state index in [4.69, 9.17) is 11.5 Å². The summed E-state index contributed by atoms with van der Waals surface area (Å²) < 4.78 is 38.8. The predicted octanol–water partition coefficient (Wildman–Crippen LogP) is 2.67. The summed E-state index contributed by atoms with van der Waals surface area (Å²) in [6, 6.07) is 8.33. The third-order valence-corrected chi connectivity index (χ3v) is 2.49. The smallest absolute Gasteiger partial charge is 0.370 e. The van der Waals surface area contributed by atoms with Gasteiger partial charge in [-0.05, 0) is 24.3 Å².